The number of methoxy groups -OCH3 is 1. The van der Waals surface area contributed by atoms with Gasteiger partial charge in [-0.3, -0.25) is 4.79 Å². The summed E-state index contributed by atoms with van der Waals surface area (Å²) in [5.74, 6) is 0.968. The maximum absolute atomic E-state index is 12.4. The van der Waals surface area contributed by atoms with Crippen molar-refractivity contribution in [1.29, 1.82) is 0 Å². The van der Waals surface area contributed by atoms with Gasteiger partial charge in [-0.05, 0) is 18.9 Å². The van der Waals surface area contributed by atoms with E-state index in [1.807, 2.05) is 4.90 Å². The average Bonchev–Trinajstić information content (AvgIpc) is 2.95. The highest BCUT2D eigenvalue weighted by Crippen LogP contribution is 2.20. The quantitative estimate of drug-likeness (QED) is 0.747. The van der Waals surface area contributed by atoms with Gasteiger partial charge in [-0.25, -0.2) is 4.98 Å². The van der Waals surface area contributed by atoms with Gasteiger partial charge >= 0.3 is 0 Å². The Morgan fingerprint density at radius 2 is 2.40 bits per heavy atom. The van der Waals surface area contributed by atoms with Crippen LogP contribution in [-0.2, 0) is 4.74 Å². The number of carbonyl (C=O) groups is 1. The summed E-state index contributed by atoms with van der Waals surface area (Å²) in [6.07, 6.45) is 3.65. The van der Waals surface area contributed by atoms with E-state index in [-0.39, 0.29) is 5.91 Å². The van der Waals surface area contributed by atoms with Gasteiger partial charge in [0.25, 0.3) is 5.91 Å². The smallest absolute Gasteiger partial charge is 0.254 e. The molecule has 1 saturated heterocycles. The molecule has 0 radical (unpaired) electrons. The summed E-state index contributed by atoms with van der Waals surface area (Å²) in [6.45, 7) is 5.21. The van der Waals surface area contributed by atoms with Crippen molar-refractivity contribution < 1.29 is 14.3 Å². The number of rotatable bonds is 6. The van der Waals surface area contributed by atoms with Crippen LogP contribution in [0, 0.1) is 5.92 Å². The second-order valence-corrected chi connectivity index (χ2v) is 5.07. The molecule has 1 aromatic rings. The first kappa shape index (κ1) is 14.8. The Bertz CT molecular complexity index is 450. The number of nitrogens with zero attached hydrogens (tertiary/aromatic N) is 2. The van der Waals surface area contributed by atoms with E-state index >= 15 is 0 Å². The normalized spacial score (nSPS) is 18.3. The number of amides is 1. The molecule has 2 heterocycles. The second kappa shape index (κ2) is 7.24. The molecule has 5 heteroatoms. The van der Waals surface area contributed by atoms with E-state index in [1.165, 1.54) is 0 Å². The van der Waals surface area contributed by atoms with E-state index in [1.54, 1.807) is 25.4 Å². The van der Waals surface area contributed by atoms with Crippen LogP contribution in [0.2, 0.25) is 0 Å². The minimum absolute atomic E-state index is 0.0451. The second-order valence-electron chi connectivity index (χ2n) is 5.07. The minimum atomic E-state index is 0.0451. The minimum Gasteiger partial charge on any atom is -0.481 e. The molecule has 0 aliphatic carbocycles. The predicted molar refractivity (Wildman–Crippen MR) is 75.9 cm³/mol. The van der Waals surface area contributed by atoms with Gasteiger partial charge in [-0.15, -0.1) is 0 Å². The van der Waals surface area contributed by atoms with Crippen molar-refractivity contribution in [2.45, 2.75) is 19.8 Å². The third-order valence-corrected chi connectivity index (χ3v) is 3.47. The number of aromatic nitrogens is 1. The van der Waals surface area contributed by atoms with Crippen LogP contribution in [0.4, 0.5) is 0 Å². The zero-order valence-electron chi connectivity index (χ0n) is 12.2. The average molecular weight is 278 g/mol. The maximum atomic E-state index is 12.4. The molecule has 0 unspecified atom stereocenters. The summed E-state index contributed by atoms with van der Waals surface area (Å²) in [5.41, 5.74) is 0.631. The fraction of sp³-hybridized carbons (Fsp3) is 0.600. The fourth-order valence-electron chi connectivity index (χ4n) is 2.38. The highest BCUT2D eigenvalue weighted by atomic mass is 16.5. The highest BCUT2D eigenvalue weighted by Gasteiger charge is 2.27. The molecule has 0 bridgehead atoms. The third kappa shape index (κ3) is 3.70. The standard InChI is InChI=1S/C15H22N2O3/c1-3-8-20-11-12-5-7-17(10-12)15(18)13-4-6-16-14(9-13)19-2/h4,6,9,12H,3,5,7-8,10-11H2,1-2H3/t12-/m1/s1. The lowest BCUT2D eigenvalue weighted by Gasteiger charge is -2.17. The first-order valence-corrected chi connectivity index (χ1v) is 7.11. The molecular weight excluding hydrogens is 256 g/mol. The summed E-state index contributed by atoms with van der Waals surface area (Å²) in [5, 5.41) is 0. The molecule has 110 valence electrons. The maximum Gasteiger partial charge on any atom is 0.254 e. The van der Waals surface area contributed by atoms with Crippen molar-refractivity contribution in [2.75, 3.05) is 33.4 Å². The van der Waals surface area contributed by atoms with Gasteiger partial charge in [0.2, 0.25) is 5.88 Å². The molecule has 1 aromatic heterocycles. The highest BCUT2D eigenvalue weighted by molar-refractivity contribution is 5.94. The van der Waals surface area contributed by atoms with E-state index in [2.05, 4.69) is 11.9 Å². The number of carbonyl (C=O) groups excluding carboxylic acids is 1. The van der Waals surface area contributed by atoms with Gasteiger partial charge in [-0.1, -0.05) is 6.92 Å². The molecular formula is C15H22N2O3. The third-order valence-electron chi connectivity index (χ3n) is 3.47. The number of hydrogen-bond acceptors (Lipinski definition) is 4. The van der Waals surface area contributed by atoms with Crippen LogP contribution < -0.4 is 4.74 Å². The Morgan fingerprint density at radius 3 is 3.15 bits per heavy atom. The van der Waals surface area contributed by atoms with Crippen molar-refractivity contribution in [3.63, 3.8) is 0 Å². The van der Waals surface area contributed by atoms with E-state index in [0.29, 0.717) is 17.4 Å². The van der Waals surface area contributed by atoms with Gasteiger partial charge in [0.1, 0.15) is 0 Å². The Balaban J connectivity index is 1.90. The van der Waals surface area contributed by atoms with Crippen LogP contribution in [0.1, 0.15) is 30.1 Å². The zero-order chi connectivity index (χ0) is 14.4. The first-order valence-electron chi connectivity index (χ1n) is 7.11. The summed E-state index contributed by atoms with van der Waals surface area (Å²) >= 11 is 0. The van der Waals surface area contributed by atoms with Crippen LogP contribution in [-0.4, -0.2) is 49.2 Å². The SMILES string of the molecule is CCCOC[C@@H]1CCN(C(=O)c2ccnc(OC)c2)C1. The number of pyridine rings is 1. The number of hydrogen-bond donors (Lipinski definition) is 0. The summed E-state index contributed by atoms with van der Waals surface area (Å²) in [6, 6.07) is 3.41. The molecule has 0 N–H and O–H groups in total. The number of ether oxygens (including phenoxy) is 2. The van der Waals surface area contributed by atoms with Crippen LogP contribution in [0.15, 0.2) is 18.3 Å². The van der Waals surface area contributed by atoms with Crippen molar-refractivity contribution >= 4 is 5.91 Å². The van der Waals surface area contributed by atoms with Gasteiger partial charge < -0.3 is 14.4 Å². The van der Waals surface area contributed by atoms with Crippen LogP contribution in [0.5, 0.6) is 5.88 Å². The largest absolute Gasteiger partial charge is 0.481 e. The molecule has 0 aromatic carbocycles. The summed E-state index contributed by atoms with van der Waals surface area (Å²) < 4.78 is 10.6. The topological polar surface area (TPSA) is 51.7 Å². The zero-order valence-corrected chi connectivity index (χ0v) is 12.2. The first-order chi connectivity index (χ1) is 9.74. The molecule has 1 atom stereocenters. The Hall–Kier alpha value is -1.62. The number of likely N-dealkylation sites (tertiary alicyclic amines) is 1. The lowest BCUT2D eigenvalue weighted by molar-refractivity contribution is 0.0754. The lowest BCUT2D eigenvalue weighted by atomic mass is 10.1. The monoisotopic (exact) mass is 278 g/mol. The summed E-state index contributed by atoms with van der Waals surface area (Å²) in [4.78, 5) is 18.3. The van der Waals surface area contributed by atoms with E-state index in [0.717, 1.165) is 39.1 Å². The van der Waals surface area contributed by atoms with Gasteiger partial charge in [-0.2, -0.15) is 0 Å². The molecule has 1 fully saturated rings. The molecule has 1 aliphatic heterocycles. The molecule has 0 saturated carbocycles. The molecule has 2 rings (SSSR count). The van der Waals surface area contributed by atoms with Crippen LogP contribution >= 0.6 is 0 Å². The van der Waals surface area contributed by atoms with Crippen molar-refractivity contribution in [2.24, 2.45) is 5.92 Å². The van der Waals surface area contributed by atoms with Gasteiger partial charge in [0, 0.05) is 43.4 Å². The van der Waals surface area contributed by atoms with Crippen molar-refractivity contribution in [3.05, 3.63) is 23.9 Å². The molecule has 20 heavy (non-hydrogen) atoms. The Kier molecular flexibility index (Phi) is 5.35. The fourth-order valence-corrected chi connectivity index (χ4v) is 2.38. The van der Waals surface area contributed by atoms with Crippen LogP contribution in [0.25, 0.3) is 0 Å². The molecule has 0 spiro atoms. The van der Waals surface area contributed by atoms with Gasteiger partial charge in [0.05, 0.1) is 13.7 Å². The molecule has 5 nitrogen and oxygen atoms in total. The Labute approximate surface area is 119 Å². The van der Waals surface area contributed by atoms with E-state index < -0.39 is 0 Å². The summed E-state index contributed by atoms with van der Waals surface area (Å²) in [7, 11) is 1.55. The van der Waals surface area contributed by atoms with Crippen molar-refractivity contribution in [3.8, 4) is 5.88 Å². The molecule has 1 aliphatic rings. The molecule has 1 amide bonds. The van der Waals surface area contributed by atoms with E-state index in [9.17, 15) is 4.79 Å². The van der Waals surface area contributed by atoms with Crippen molar-refractivity contribution in [1.82, 2.24) is 9.88 Å². The predicted octanol–water partition coefficient (Wildman–Crippen LogP) is 1.98. The Morgan fingerprint density at radius 1 is 1.55 bits per heavy atom. The lowest BCUT2D eigenvalue weighted by Crippen LogP contribution is -2.29. The van der Waals surface area contributed by atoms with E-state index in [4.69, 9.17) is 9.47 Å². The van der Waals surface area contributed by atoms with Gasteiger partial charge in [0.15, 0.2) is 0 Å². The van der Waals surface area contributed by atoms with Crippen LogP contribution in [0.3, 0.4) is 0 Å².